The molecule has 0 bridgehead atoms. The van der Waals surface area contributed by atoms with Crippen molar-refractivity contribution < 1.29 is 9.59 Å². The largest absolute Gasteiger partial charge is 0.332 e. The monoisotopic (exact) mass is 476 g/mol. The molecule has 0 saturated carbocycles. The SMILES string of the molecule is CCCN(CC(=O)N(Cc1ccccc1)Cc1sccc1C)C(=O)c1ccc(C(C)(C)C)cc1. The molecule has 4 nitrogen and oxygen atoms in total. The molecule has 0 fully saturated rings. The minimum atomic E-state index is -0.0948. The molecule has 0 aliphatic carbocycles. The Balaban J connectivity index is 1.79. The van der Waals surface area contributed by atoms with Crippen LogP contribution in [-0.2, 0) is 23.3 Å². The number of rotatable bonds is 9. The van der Waals surface area contributed by atoms with Gasteiger partial charge in [-0.2, -0.15) is 0 Å². The maximum absolute atomic E-state index is 13.5. The summed E-state index contributed by atoms with van der Waals surface area (Å²) in [5.41, 5.74) is 4.10. The number of amides is 2. The highest BCUT2D eigenvalue weighted by Gasteiger charge is 2.23. The molecule has 0 unspecified atom stereocenters. The van der Waals surface area contributed by atoms with Crippen LogP contribution in [0.25, 0.3) is 0 Å². The van der Waals surface area contributed by atoms with E-state index < -0.39 is 0 Å². The van der Waals surface area contributed by atoms with Gasteiger partial charge in [0.2, 0.25) is 5.91 Å². The number of thiophene rings is 1. The summed E-state index contributed by atoms with van der Waals surface area (Å²) < 4.78 is 0. The van der Waals surface area contributed by atoms with E-state index in [1.165, 1.54) is 16.0 Å². The highest BCUT2D eigenvalue weighted by Crippen LogP contribution is 2.23. The molecule has 2 amide bonds. The van der Waals surface area contributed by atoms with Crippen LogP contribution in [0.15, 0.2) is 66.0 Å². The van der Waals surface area contributed by atoms with Crippen molar-refractivity contribution in [1.29, 1.82) is 0 Å². The highest BCUT2D eigenvalue weighted by molar-refractivity contribution is 7.10. The van der Waals surface area contributed by atoms with Gasteiger partial charge in [0.15, 0.2) is 0 Å². The molecule has 2 aromatic carbocycles. The van der Waals surface area contributed by atoms with Gasteiger partial charge in [-0.05, 0) is 59.0 Å². The van der Waals surface area contributed by atoms with Crippen LogP contribution < -0.4 is 0 Å². The standard InChI is InChI=1S/C29H36N2O2S/c1-6-17-30(28(33)24-12-14-25(15-13-24)29(3,4)5)21-27(32)31(19-23-10-8-7-9-11-23)20-26-22(2)16-18-34-26/h7-16,18H,6,17,19-21H2,1-5H3. The van der Waals surface area contributed by atoms with E-state index in [0.717, 1.165) is 12.0 Å². The van der Waals surface area contributed by atoms with E-state index in [1.54, 1.807) is 16.2 Å². The van der Waals surface area contributed by atoms with E-state index in [1.807, 2.05) is 66.4 Å². The van der Waals surface area contributed by atoms with Crippen LogP contribution in [0.3, 0.4) is 0 Å². The van der Waals surface area contributed by atoms with Crippen LogP contribution in [0, 0.1) is 6.92 Å². The van der Waals surface area contributed by atoms with Gasteiger partial charge in [0.05, 0.1) is 6.54 Å². The van der Waals surface area contributed by atoms with E-state index in [0.29, 0.717) is 25.2 Å². The molecule has 0 N–H and O–H groups in total. The number of hydrogen-bond donors (Lipinski definition) is 0. The van der Waals surface area contributed by atoms with Crippen LogP contribution in [-0.4, -0.2) is 34.7 Å². The zero-order chi connectivity index (χ0) is 24.7. The summed E-state index contributed by atoms with van der Waals surface area (Å²) in [4.78, 5) is 31.6. The number of benzene rings is 2. The number of carbonyl (C=O) groups is 2. The predicted molar refractivity (Wildman–Crippen MR) is 141 cm³/mol. The highest BCUT2D eigenvalue weighted by atomic mass is 32.1. The third kappa shape index (κ3) is 6.80. The van der Waals surface area contributed by atoms with Crippen LogP contribution in [0.4, 0.5) is 0 Å². The summed E-state index contributed by atoms with van der Waals surface area (Å²) in [6.45, 7) is 12.3. The molecule has 0 saturated heterocycles. The molecule has 0 spiro atoms. The topological polar surface area (TPSA) is 40.6 Å². The fourth-order valence-electron chi connectivity index (χ4n) is 3.86. The minimum Gasteiger partial charge on any atom is -0.332 e. The Labute approximate surface area is 208 Å². The fourth-order valence-corrected chi connectivity index (χ4v) is 4.78. The Bertz CT molecular complexity index is 1080. The normalized spacial score (nSPS) is 11.3. The quantitative estimate of drug-likeness (QED) is 0.357. The van der Waals surface area contributed by atoms with Gasteiger partial charge in [-0.1, -0.05) is 70.2 Å². The molecule has 0 radical (unpaired) electrons. The molecular formula is C29H36N2O2S. The number of hydrogen-bond acceptors (Lipinski definition) is 3. The van der Waals surface area contributed by atoms with Gasteiger partial charge >= 0.3 is 0 Å². The Kier molecular flexibility index (Phi) is 8.67. The van der Waals surface area contributed by atoms with E-state index >= 15 is 0 Å². The molecule has 3 aromatic rings. The minimum absolute atomic E-state index is 0.0263. The van der Waals surface area contributed by atoms with Crippen molar-refractivity contribution in [2.45, 2.75) is 59.5 Å². The Hall–Kier alpha value is -2.92. The summed E-state index contributed by atoms with van der Waals surface area (Å²) >= 11 is 1.67. The molecular weight excluding hydrogens is 440 g/mol. The molecule has 3 rings (SSSR count). The van der Waals surface area contributed by atoms with Crippen molar-refractivity contribution in [3.63, 3.8) is 0 Å². The lowest BCUT2D eigenvalue weighted by Crippen LogP contribution is -2.42. The van der Waals surface area contributed by atoms with E-state index in [2.05, 4.69) is 39.1 Å². The second kappa shape index (κ2) is 11.5. The summed E-state index contributed by atoms with van der Waals surface area (Å²) in [5, 5.41) is 2.06. The molecule has 1 aromatic heterocycles. The van der Waals surface area contributed by atoms with E-state index in [-0.39, 0.29) is 23.8 Å². The first-order chi connectivity index (χ1) is 16.2. The first-order valence-corrected chi connectivity index (χ1v) is 12.8. The average Bonchev–Trinajstić information content (AvgIpc) is 3.22. The average molecular weight is 477 g/mol. The van der Waals surface area contributed by atoms with Crippen LogP contribution in [0.5, 0.6) is 0 Å². The van der Waals surface area contributed by atoms with Crippen LogP contribution in [0.1, 0.15) is 66.0 Å². The van der Waals surface area contributed by atoms with Gasteiger partial charge in [0.25, 0.3) is 5.91 Å². The maximum atomic E-state index is 13.5. The number of nitrogens with zero attached hydrogens (tertiary/aromatic N) is 2. The Morgan fingerprint density at radius 2 is 1.56 bits per heavy atom. The van der Waals surface area contributed by atoms with Gasteiger partial charge in [-0.15, -0.1) is 11.3 Å². The van der Waals surface area contributed by atoms with Gasteiger partial charge in [-0.3, -0.25) is 9.59 Å². The molecule has 180 valence electrons. The second-order valence-electron chi connectivity index (χ2n) is 9.82. The summed E-state index contributed by atoms with van der Waals surface area (Å²) in [5.74, 6) is -0.132. The van der Waals surface area contributed by atoms with Crippen LogP contribution >= 0.6 is 11.3 Å². The summed E-state index contributed by atoms with van der Waals surface area (Å²) in [6, 6.07) is 19.9. The van der Waals surface area contributed by atoms with Crippen molar-refractivity contribution >= 4 is 23.2 Å². The Morgan fingerprint density at radius 3 is 2.12 bits per heavy atom. The molecule has 0 aliphatic heterocycles. The maximum Gasteiger partial charge on any atom is 0.254 e. The van der Waals surface area contributed by atoms with Crippen LogP contribution in [0.2, 0.25) is 0 Å². The molecule has 0 atom stereocenters. The van der Waals surface area contributed by atoms with Gasteiger partial charge in [0.1, 0.15) is 6.54 Å². The van der Waals surface area contributed by atoms with Crippen molar-refractivity contribution in [2.24, 2.45) is 0 Å². The summed E-state index contributed by atoms with van der Waals surface area (Å²) in [7, 11) is 0. The van der Waals surface area contributed by atoms with Crippen molar-refractivity contribution in [3.05, 3.63) is 93.2 Å². The van der Waals surface area contributed by atoms with E-state index in [9.17, 15) is 9.59 Å². The third-order valence-corrected chi connectivity index (χ3v) is 6.98. The summed E-state index contributed by atoms with van der Waals surface area (Å²) in [6.07, 6.45) is 0.793. The zero-order valence-electron chi connectivity index (χ0n) is 21.0. The number of carbonyl (C=O) groups excluding carboxylic acids is 2. The smallest absolute Gasteiger partial charge is 0.254 e. The first-order valence-electron chi connectivity index (χ1n) is 11.9. The molecule has 5 heteroatoms. The third-order valence-electron chi connectivity index (χ3n) is 5.98. The van der Waals surface area contributed by atoms with Gasteiger partial charge in [0, 0.05) is 23.5 Å². The Morgan fingerprint density at radius 1 is 0.882 bits per heavy atom. The predicted octanol–water partition coefficient (Wildman–Crippen LogP) is 6.44. The second-order valence-corrected chi connectivity index (χ2v) is 10.8. The zero-order valence-corrected chi connectivity index (χ0v) is 21.8. The lowest BCUT2D eigenvalue weighted by molar-refractivity contribution is -0.133. The lowest BCUT2D eigenvalue weighted by Gasteiger charge is -2.28. The number of aryl methyl sites for hydroxylation is 1. The fraction of sp³-hybridized carbons (Fsp3) is 0.379. The van der Waals surface area contributed by atoms with Crippen molar-refractivity contribution in [1.82, 2.24) is 9.80 Å². The van der Waals surface area contributed by atoms with E-state index in [4.69, 9.17) is 0 Å². The lowest BCUT2D eigenvalue weighted by atomic mass is 9.86. The first kappa shape index (κ1) is 25.7. The molecule has 1 heterocycles. The van der Waals surface area contributed by atoms with Crippen molar-refractivity contribution in [2.75, 3.05) is 13.1 Å². The van der Waals surface area contributed by atoms with Crippen molar-refractivity contribution in [3.8, 4) is 0 Å². The van der Waals surface area contributed by atoms with Gasteiger partial charge < -0.3 is 9.80 Å². The molecule has 0 aliphatic rings. The van der Waals surface area contributed by atoms with Gasteiger partial charge in [-0.25, -0.2) is 0 Å². The molecule has 34 heavy (non-hydrogen) atoms.